The van der Waals surface area contributed by atoms with Gasteiger partial charge in [-0.15, -0.1) is 0 Å². The van der Waals surface area contributed by atoms with E-state index in [1.54, 1.807) is 18.4 Å². The summed E-state index contributed by atoms with van der Waals surface area (Å²) in [6.07, 6.45) is 6.86. The Balaban J connectivity index is 1.47. The lowest BCUT2D eigenvalue weighted by molar-refractivity contribution is 0.0420. The molecule has 2 aliphatic rings. The number of aromatic nitrogens is 3. The molecule has 0 spiro atoms. The Hall–Kier alpha value is -3.17. The van der Waals surface area contributed by atoms with Gasteiger partial charge in [0.15, 0.2) is 5.69 Å². The van der Waals surface area contributed by atoms with Crippen LogP contribution in [-0.2, 0) is 18.4 Å². The van der Waals surface area contributed by atoms with Crippen LogP contribution in [-0.4, -0.2) is 102 Å². The molecule has 0 N–H and O–H groups in total. The summed E-state index contributed by atoms with van der Waals surface area (Å²) in [5.74, 6) is 1.38. The van der Waals surface area contributed by atoms with Crippen molar-refractivity contribution in [2.24, 2.45) is 7.05 Å². The van der Waals surface area contributed by atoms with Crippen LogP contribution in [0, 0.1) is 0 Å². The van der Waals surface area contributed by atoms with Crippen LogP contribution in [0.5, 0.6) is 11.5 Å². The quantitative estimate of drug-likeness (QED) is 0.245. The Morgan fingerprint density at radius 1 is 1.14 bits per heavy atom. The van der Waals surface area contributed by atoms with Gasteiger partial charge in [-0.1, -0.05) is 0 Å². The second-order valence-electron chi connectivity index (χ2n) is 13.6. The number of hydrogen-bond acceptors (Lipinski definition) is 6. The molecule has 0 saturated heterocycles. The second kappa shape index (κ2) is 11.1. The van der Waals surface area contributed by atoms with E-state index in [1.807, 2.05) is 44.9 Å². The van der Waals surface area contributed by atoms with Crippen molar-refractivity contribution in [1.82, 2.24) is 19.2 Å². The molecule has 0 unspecified atom stereocenters. The van der Waals surface area contributed by atoms with E-state index in [0.717, 1.165) is 58.6 Å². The monoisotopic (exact) mass is 590 g/mol. The van der Waals surface area contributed by atoms with Gasteiger partial charge in [0.25, 0.3) is 5.91 Å². The van der Waals surface area contributed by atoms with E-state index in [4.69, 9.17) is 19.3 Å². The SMILES string of the molecule is BC(B)(B)O[C@@H]1CC[C@H](N(C(=O)c2nn(-c3ccsc3)c3c2COc2cc(OC)c(-c4ccn(C)c4)cc2-3)C(B)(B)B)C1. The van der Waals surface area contributed by atoms with Crippen molar-refractivity contribution in [1.29, 1.82) is 0 Å². The molecule has 1 fully saturated rings. The highest BCUT2D eigenvalue weighted by Crippen LogP contribution is 2.46. The number of nitrogens with zero attached hydrogens (tertiary/aromatic N) is 4. The lowest BCUT2D eigenvalue weighted by Gasteiger charge is -2.41. The minimum Gasteiger partial charge on any atom is -0.496 e. The van der Waals surface area contributed by atoms with Crippen LogP contribution in [0.1, 0.15) is 35.3 Å². The normalized spacial score (nSPS) is 18.1. The Labute approximate surface area is 262 Å². The first-order valence-electron chi connectivity index (χ1n) is 15.0. The molecule has 1 aliphatic carbocycles. The summed E-state index contributed by atoms with van der Waals surface area (Å²) in [6, 6.07) is 8.22. The number of aryl methyl sites for hydroxylation is 1. The highest BCUT2D eigenvalue weighted by molar-refractivity contribution is 7.08. The number of carbonyl (C=O) groups excluding carboxylic acids is 1. The maximum absolute atomic E-state index is 14.7. The third-order valence-electron chi connectivity index (χ3n) is 8.19. The first kappa shape index (κ1) is 29.9. The fraction of sp³-hybridized carbons (Fsp3) is 0.357. The smallest absolute Gasteiger partial charge is 0.273 e. The summed E-state index contributed by atoms with van der Waals surface area (Å²) in [6.45, 7) is 0.250. The van der Waals surface area contributed by atoms with Crippen molar-refractivity contribution in [3.05, 3.63) is 58.7 Å². The van der Waals surface area contributed by atoms with Crippen molar-refractivity contribution in [2.45, 2.75) is 48.6 Å². The van der Waals surface area contributed by atoms with Gasteiger partial charge in [-0.05, 0) is 53.4 Å². The Morgan fingerprint density at radius 3 is 2.56 bits per heavy atom. The van der Waals surface area contributed by atoms with Crippen LogP contribution in [0.25, 0.3) is 28.1 Å². The predicted molar refractivity (Wildman–Crippen MR) is 188 cm³/mol. The fourth-order valence-corrected chi connectivity index (χ4v) is 7.18. The molecule has 2 atom stereocenters. The number of fused-ring (bicyclic) bond motifs is 3. The number of carbonyl (C=O) groups is 1. The number of benzene rings is 1. The highest BCUT2D eigenvalue weighted by Gasteiger charge is 2.42. The van der Waals surface area contributed by atoms with Gasteiger partial charge in [-0.2, -0.15) is 16.4 Å². The summed E-state index contributed by atoms with van der Waals surface area (Å²) in [5, 5.41) is 8.52. The first-order valence-corrected chi connectivity index (χ1v) is 15.9. The molecule has 43 heavy (non-hydrogen) atoms. The summed E-state index contributed by atoms with van der Waals surface area (Å²) < 4.78 is 22.4. The molecule has 15 heteroatoms. The molecule has 6 rings (SSSR count). The van der Waals surface area contributed by atoms with E-state index in [-0.39, 0.29) is 30.0 Å². The fourth-order valence-electron chi connectivity index (χ4n) is 6.56. The molecule has 8 nitrogen and oxygen atoms in total. The minimum atomic E-state index is -0.404. The Bertz CT molecular complexity index is 1660. The van der Waals surface area contributed by atoms with E-state index < -0.39 is 5.24 Å². The van der Waals surface area contributed by atoms with Crippen molar-refractivity contribution in [3.8, 4) is 39.6 Å². The molecule has 0 bridgehead atoms. The summed E-state index contributed by atoms with van der Waals surface area (Å²) >= 11 is 1.60. The number of ether oxygens (including phenoxy) is 3. The molecular weight excluding hydrogens is 553 g/mol. The second-order valence-corrected chi connectivity index (χ2v) is 14.4. The topological polar surface area (TPSA) is 70.8 Å². The molecule has 4 aromatic rings. The number of thiophene rings is 1. The molecule has 1 amide bonds. The Kier molecular flexibility index (Phi) is 7.70. The zero-order chi connectivity index (χ0) is 30.7. The van der Waals surface area contributed by atoms with Gasteiger partial charge in [0.2, 0.25) is 0 Å². The predicted octanol–water partition coefficient (Wildman–Crippen LogP) is -1.09. The molecule has 4 heterocycles. The van der Waals surface area contributed by atoms with Crippen LogP contribution < -0.4 is 9.47 Å². The molecule has 216 valence electrons. The third-order valence-corrected chi connectivity index (χ3v) is 8.86. The van der Waals surface area contributed by atoms with E-state index in [0.29, 0.717) is 11.4 Å². The van der Waals surface area contributed by atoms with Gasteiger partial charge in [0.05, 0.1) is 24.6 Å². The zero-order valence-corrected chi connectivity index (χ0v) is 27.2. The van der Waals surface area contributed by atoms with E-state index in [1.165, 1.54) is 0 Å². The first-order chi connectivity index (χ1) is 20.3. The van der Waals surface area contributed by atoms with Crippen molar-refractivity contribution >= 4 is 64.3 Å². The molecule has 3 aromatic heterocycles. The van der Waals surface area contributed by atoms with Crippen molar-refractivity contribution in [2.75, 3.05) is 7.11 Å². The van der Waals surface area contributed by atoms with Crippen molar-refractivity contribution < 1.29 is 19.0 Å². The number of amides is 1. The molecular formula is C28H36B6N4O4S. The molecule has 1 aliphatic heterocycles. The van der Waals surface area contributed by atoms with Crippen LogP contribution in [0.15, 0.2) is 47.4 Å². The maximum Gasteiger partial charge on any atom is 0.273 e. The Morgan fingerprint density at radius 2 is 1.93 bits per heavy atom. The largest absolute Gasteiger partial charge is 0.496 e. The van der Waals surface area contributed by atoms with Crippen LogP contribution in [0.4, 0.5) is 0 Å². The van der Waals surface area contributed by atoms with Crippen molar-refractivity contribution in [3.63, 3.8) is 0 Å². The number of rotatable bonds is 8. The van der Waals surface area contributed by atoms with Gasteiger partial charge >= 0.3 is 0 Å². The van der Waals surface area contributed by atoms with Gasteiger partial charge in [-0.25, -0.2) is 4.68 Å². The third kappa shape index (κ3) is 5.74. The number of hydrogen-bond donors (Lipinski definition) is 0. The van der Waals surface area contributed by atoms with E-state index in [9.17, 15) is 4.79 Å². The molecule has 0 radical (unpaired) electrons. The van der Waals surface area contributed by atoms with Gasteiger partial charge < -0.3 is 23.7 Å². The summed E-state index contributed by atoms with van der Waals surface area (Å²) in [7, 11) is 16.3. The standard InChI is InChI=1S/C28H36B6N4O4S/c1-36-7-5-15(12-36)19-10-20-23(11-22(19)40-2)41-13-21-24(35-38(25(20)21)17-6-8-43-14-17)26(39)37(27(29,30)31)16-3-4-18(9-16)42-28(32,33)34/h5-8,10-12,14,16,18H,3-4,9,13,29-34H2,1-2H3/t16-,18+/m0/s1. The lowest BCUT2D eigenvalue weighted by atomic mass is 9.48. The summed E-state index contributed by atoms with van der Waals surface area (Å²) in [5.41, 5.74) is 5.95. The van der Waals surface area contributed by atoms with Crippen LogP contribution >= 0.6 is 11.3 Å². The molecule has 1 saturated carbocycles. The van der Waals surface area contributed by atoms with Gasteiger partial charge in [-0.3, -0.25) is 4.79 Å². The highest BCUT2D eigenvalue weighted by atomic mass is 32.1. The van der Waals surface area contributed by atoms with Gasteiger partial charge in [0, 0.05) is 59.2 Å². The maximum atomic E-state index is 14.7. The zero-order valence-electron chi connectivity index (χ0n) is 26.4. The molecule has 1 aromatic carbocycles. The number of methoxy groups -OCH3 is 1. The van der Waals surface area contributed by atoms with E-state index >= 15 is 0 Å². The van der Waals surface area contributed by atoms with Gasteiger partial charge in [0.1, 0.15) is 65.2 Å². The average Bonchev–Trinajstić information content (AvgIpc) is 3.73. The average molecular weight is 590 g/mol. The summed E-state index contributed by atoms with van der Waals surface area (Å²) in [4.78, 5) is 16.7. The van der Waals surface area contributed by atoms with Crippen LogP contribution in [0.3, 0.4) is 0 Å². The minimum absolute atomic E-state index is 0.0625. The van der Waals surface area contributed by atoms with E-state index in [2.05, 4.69) is 70.8 Å². The van der Waals surface area contributed by atoms with Crippen LogP contribution in [0.2, 0.25) is 0 Å². The lowest BCUT2D eigenvalue weighted by Crippen LogP contribution is -2.58.